The van der Waals surface area contributed by atoms with E-state index >= 15 is 0 Å². The third kappa shape index (κ3) is 1.51. The van der Waals surface area contributed by atoms with E-state index in [-0.39, 0.29) is 0 Å². The van der Waals surface area contributed by atoms with E-state index in [1.165, 1.54) is 40.0 Å². The van der Waals surface area contributed by atoms with Crippen LogP contribution in [0.5, 0.6) is 0 Å². The van der Waals surface area contributed by atoms with Crippen molar-refractivity contribution in [3.63, 3.8) is 0 Å². The third-order valence-electron chi connectivity index (χ3n) is 3.60. The van der Waals surface area contributed by atoms with E-state index < -0.39 is 0 Å². The molecule has 1 aliphatic carbocycles. The second kappa shape index (κ2) is 3.69. The Labute approximate surface area is 110 Å². The van der Waals surface area contributed by atoms with E-state index in [1.807, 2.05) is 11.3 Å². The molecule has 2 aromatic heterocycles. The van der Waals surface area contributed by atoms with Gasteiger partial charge in [0.15, 0.2) is 0 Å². The number of para-hydroxylation sites is 1. The van der Waals surface area contributed by atoms with Gasteiger partial charge in [-0.25, -0.2) is 4.98 Å². The maximum absolute atomic E-state index is 4.82. The average molecular weight is 254 g/mol. The second-order valence-electron chi connectivity index (χ2n) is 5.02. The number of thiazole rings is 1. The molecule has 0 aliphatic heterocycles. The number of rotatable bonds is 2. The molecule has 2 heterocycles. The molecule has 0 radical (unpaired) electrons. The van der Waals surface area contributed by atoms with Crippen molar-refractivity contribution in [2.45, 2.75) is 25.7 Å². The number of aryl methyl sites for hydroxylation is 1. The summed E-state index contributed by atoms with van der Waals surface area (Å²) in [5.74, 6) is 0.745. The fourth-order valence-electron chi connectivity index (χ4n) is 2.53. The molecule has 0 atom stereocenters. The zero-order valence-electron chi connectivity index (χ0n) is 10.2. The van der Waals surface area contributed by atoms with Gasteiger partial charge in [-0.1, -0.05) is 18.2 Å². The van der Waals surface area contributed by atoms with Gasteiger partial charge in [0.05, 0.1) is 10.7 Å². The molecular weight excluding hydrogens is 240 g/mol. The van der Waals surface area contributed by atoms with Crippen molar-refractivity contribution < 1.29 is 0 Å². The van der Waals surface area contributed by atoms with Gasteiger partial charge in [-0.3, -0.25) is 0 Å². The van der Waals surface area contributed by atoms with Crippen LogP contribution in [0.2, 0.25) is 0 Å². The normalized spacial score (nSPS) is 15.4. The molecule has 3 heteroatoms. The molecule has 0 spiro atoms. The summed E-state index contributed by atoms with van der Waals surface area (Å²) < 4.78 is 0. The van der Waals surface area contributed by atoms with E-state index in [0.29, 0.717) is 0 Å². The lowest BCUT2D eigenvalue weighted by Crippen LogP contribution is -1.81. The number of hydrogen-bond donors (Lipinski definition) is 1. The summed E-state index contributed by atoms with van der Waals surface area (Å²) in [5, 5.41) is 4.80. The Morgan fingerprint density at radius 2 is 2.11 bits per heavy atom. The largest absolute Gasteiger partial charge is 0.358 e. The topological polar surface area (TPSA) is 28.7 Å². The van der Waals surface area contributed by atoms with Gasteiger partial charge < -0.3 is 4.98 Å². The van der Waals surface area contributed by atoms with Gasteiger partial charge in [0.25, 0.3) is 0 Å². The Bertz CT molecular complexity index is 719. The quantitative estimate of drug-likeness (QED) is 0.717. The summed E-state index contributed by atoms with van der Waals surface area (Å²) >= 11 is 1.81. The van der Waals surface area contributed by atoms with Crippen LogP contribution in [0.25, 0.3) is 22.2 Å². The van der Waals surface area contributed by atoms with Crippen LogP contribution in [0.3, 0.4) is 0 Å². The highest BCUT2D eigenvalue weighted by Gasteiger charge is 2.27. The van der Waals surface area contributed by atoms with Crippen LogP contribution in [0.1, 0.15) is 29.5 Å². The van der Waals surface area contributed by atoms with Crippen molar-refractivity contribution in [2.24, 2.45) is 0 Å². The number of fused-ring (bicyclic) bond motifs is 1. The number of nitrogens with zero attached hydrogens (tertiary/aromatic N) is 1. The molecule has 1 fully saturated rings. The first kappa shape index (κ1) is 10.3. The van der Waals surface area contributed by atoms with Gasteiger partial charge in [-0.05, 0) is 25.8 Å². The molecule has 18 heavy (non-hydrogen) atoms. The third-order valence-corrected chi connectivity index (χ3v) is 4.61. The molecule has 0 amide bonds. The van der Waals surface area contributed by atoms with Gasteiger partial charge >= 0.3 is 0 Å². The minimum atomic E-state index is 0.745. The van der Waals surface area contributed by atoms with Gasteiger partial charge in [0, 0.05) is 33.5 Å². The van der Waals surface area contributed by atoms with E-state index in [9.17, 15) is 0 Å². The molecule has 1 aliphatic rings. The standard InChI is InChI=1S/C15H14N2S/c1-9-14(11-4-2-3-5-12(11)16-9)13-8-18-15(17-13)10-6-7-10/h2-5,8,10,16H,6-7H2,1H3. The average Bonchev–Trinajstić information content (AvgIpc) is 3.01. The number of H-pyrrole nitrogens is 1. The lowest BCUT2D eigenvalue weighted by atomic mass is 10.1. The Morgan fingerprint density at radius 1 is 1.28 bits per heavy atom. The fourth-order valence-corrected chi connectivity index (χ4v) is 3.51. The SMILES string of the molecule is Cc1[nH]c2ccccc2c1-c1csc(C2CC2)n1. The van der Waals surface area contributed by atoms with Crippen molar-refractivity contribution in [1.29, 1.82) is 0 Å². The molecule has 1 aromatic carbocycles. The van der Waals surface area contributed by atoms with Crippen molar-refractivity contribution >= 4 is 22.2 Å². The van der Waals surface area contributed by atoms with E-state index in [1.54, 1.807) is 0 Å². The van der Waals surface area contributed by atoms with Crippen LogP contribution in [0.15, 0.2) is 29.6 Å². The monoisotopic (exact) mass is 254 g/mol. The molecule has 0 unspecified atom stereocenters. The van der Waals surface area contributed by atoms with Gasteiger partial charge in [-0.2, -0.15) is 0 Å². The lowest BCUT2D eigenvalue weighted by Gasteiger charge is -1.96. The van der Waals surface area contributed by atoms with Crippen LogP contribution in [-0.2, 0) is 0 Å². The van der Waals surface area contributed by atoms with Gasteiger partial charge in [-0.15, -0.1) is 11.3 Å². The Balaban J connectivity index is 1.91. The lowest BCUT2D eigenvalue weighted by molar-refractivity contribution is 1.08. The fraction of sp³-hybridized carbons (Fsp3) is 0.267. The molecule has 2 nitrogen and oxygen atoms in total. The number of aromatic nitrogens is 2. The van der Waals surface area contributed by atoms with E-state index in [0.717, 1.165) is 11.6 Å². The first-order valence-corrected chi connectivity index (χ1v) is 7.24. The highest BCUT2D eigenvalue weighted by molar-refractivity contribution is 7.10. The summed E-state index contributed by atoms with van der Waals surface area (Å²) in [4.78, 5) is 8.27. The van der Waals surface area contributed by atoms with Crippen molar-refractivity contribution in [3.8, 4) is 11.3 Å². The summed E-state index contributed by atoms with van der Waals surface area (Å²) in [7, 11) is 0. The molecule has 1 N–H and O–H groups in total. The van der Waals surface area contributed by atoms with Crippen LogP contribution in [0, 0.1) is 6.92 Å². The van der Waals surface area contributed by atoms with Gasteiger partial charge in [0.1, 0.15) is 0 Å². The number of nitrogens with one attached hydrogen (secondary N) is 1. The number of hydrogen-bond acceptors (Lipinski definition) is 2. The van der Waals surface area contributed by atoms with E-state index in [4.69, 9.17) is 4.98 Å². The van der Waals surface area contributed by atoms with Crippen LogP contribution in [0.4, 0.5) is 0 Å². The number of benzene rings is 1. The molecule has 90 valence electrons. The molecule has 1 saturated carbocycles. The van der Waals surface area contributed by atoms with Crippen LogP contribution < -0.4 is 0 Å². The first-order valence-electron chi connectivity index (χ1n) is 6.36. The zero-order valence-corrected chi connectivity index (χ0v) is 11.1. The smallest absolute Gasteiger partial charge is 0.0963 e. The molecule has 0 saturated heterocycles. The Kier molecular flexibility index (Phi) is 2.12. The van der Waals surface area contributed by atoms with Crippen molar-refractivity contribution in [2.75, 3.05) is 0 Å². The molecule has 3 aromatic rings. The Morgan fingerprint density at radius 3 is 2.94 bits per heavy atom. The molecule has 0 bridgehead atoms. The summed E-state index contributed by atoms with van der Waals surface area (Å²) in [6, 6.07) is 8.45. The molecular formula is C15H14N2S. The first-order chi connectivity index (χ1) is 8.83. The minimum absolute atomic E-state index is 0.745. The van der Waals surface area contributed by atoms with E-state index in [2.05, 4.69) is 41.6 Å². The Hall–Kier alpha value is -1.61. The number of aromatic amines is 1. The maximum atomic E-state index is 4.82. The predicted octanol–water partition coefficient (Wildman–Crippen LogP) is 4.48. The second-order valence-corrected chi connectivity index (χ2v) is 5.91. The summed E-state index contributed by atoms with van der Waals surface area (Å²) in [6.45, 7) is 2.13. The summed E-state index contributed by atoms with van der Waals surface area (Å²) in [6.07, 6.45) is 2.64. The van der Waals surface area contributed by atoms with Crippen molar-refractivity contribution in [3.05, 3.63) is 40.3 Å². The van der Waals surface area contributed by atoms with Crippen LogP contribution >= 0.6 is 11.3 Å². The maximum Gasteiger partial charge on any atom is 0.0963 e. The van der Waals surface area contributed by atoms with Gasteiger partial charge in [0.2, 0.25) is 0 Å². The molecule has 4 rings (SSSR count). The highest BCUT2D eigenvalue weighted by atomic mass is 32.1. The minimum Gasteiger partial charge on any atom is -0.358 e. The summed E-state index contributed by atoms with van der Waals surface area (Å²) in [5.41, 5.74) is 4.82. The van der Waals surface area contributed by atoms with Crippen molar-refractivity contribution in [1.82, 2.24) is 9.97 Å². The predicted molar refractivity (Wildman–Crippen MR) is 76.1 cm³/mol. The highest BCUT2D eigenvalue weighted by Crippen LogP contribution is 2.43. The zero-order chi connectivity index (χ0) is 12.1. The van der Waals surface area contributed by atoms with Crippen LogP contribution in [-0.4, -0.2) is 9.97 Å².